The number of hydrogen-bond acceptors (Lipinski definition) is 5. The molecule has 3 rings (SSSR count). The molecule has 2 amide bonds. The first kappa shape index (κ1) is 19.0. The molecule has 0 aliphatic carbocycles. The first-order chi connectivity index (χ1) is 13.0. The van der Waals surface area contributed by atoms with Crippen LogP contribution >= 0.6 is 11.8 Å². The molecule has 6 nitrogen and oxygen atoms in total. The Morgan fingerprint density at radius 2 is 1.93 bits per heavy atom. The molecule has 0 fully saturated rings. The number of rotatable bonds is 7. The molecule has 1 aromatic heterocycles. The summed E-state index contributed by atoms with van der Waals surface area (Å²) in [4.78, 5) is 24.2. The molecule has 1 unspecified atom stereocenters. The van der Waals surface area contributed by atoms with E-state index in [2.05, 4.69) is 27.9 Å². The Labute approximate surface area is 161 Å². The number of aryl methyl sites for hydroxylation is 1. The van der Waals surface area contributed by atoms with Crippen LogP contribution in [0.2, 0.25) is 0 Å². The fraction of sp³-hybridized carbons (Fsp3) is 0.250. The van der Waals surface area contributed by atoms with Gasteiger partial charge in [0.05, 0.1) is 11.0 Å². The lowest BCUT2D eigenvalue weighted by molar-refractivity contribution is -0.118. The van der Waals surface area contributed by atoms with Gasteiger partial charge in [0, 0.05) is 12.6 Å². The molecule has 0 saturated heterocycles. The van der Waals surface area contributed by atoms with E-state index in [0.717, 1.165) is 10.9 Å². The van der Waals surface area contributed by atoms with Gasteiger partial charge < -0.3 is 15.2 Å². The number of anilines is 1. The first-order valence-electron chi connectivity index (χ1n) is 8.61. The molecular weight excluding hydrogens is 362 g/mol. The van der Waals surface area contributed by atoms with Crippen molar-refractivity contribution in [2.45, 2.75) is 25.6 Å². The predicted octanol–water partition coefficient (Wildman–Crippen LogP) is 3.51. The van der Waals surface area contributed by atoms with Crippen molar-refractivity contribution < 1.29 is 14.1 Å². The summed E-state index contributed by atoms with van der Waals surface area (Å²) in [6.45, 7) is 3.97. The average Bonchev–Trinajstić information content (AvgIpc) is 3.08. The SMILES string of the molecule is Cc1cc(NC(=O)C(C)SCC(=O)NCc2ccc3ccccc3c2)no1. The van der Waals surface area contributed by atoms with Crippen LogP contribution in [-0.2, 0) is 16.1 Å². The van der Waals surface area contributed by atoms with E-state index in [9.17, 15) is 9.59 Å². The number of hydrogen-bond donors (Lipinski definition) is 2. The van der Waals surface area contributed by atoms with Crippen LogP contribution in [0.1, 0.15) is 18.2 Å². The number of aromatic nitrogens is 1. The zero-order valence-corrected chi connectivity index (χ0v) is 16.0. The van der Waals surface area contributed by atoms with Crippen LogP contribution in [0.5, 0.6) is 0 Å². The molecule has 0 spiro atoms. The summed E-state index contributed by atoms with van der Waals surface area (Å²) in [5.74, 6) is 0.894. The van der Waals surface area contributed by atoms with Crippen molar-refractivity contribution in [1.29, 1.82) is 0 Å². The molecule has 1 atom stereocenters. The van der Waals surface area contributed by atoms with E-state index in [0.29, 0.717) is 18.1 Å². The number of benzene rings is 2. The summed E-state index contributed by atoms with van der Waals surface area (Å²) in [6.07, 6.45) is 0. The Morgan fingerprint density at radius 3 is 2.67 bits per heavy atom. The molecule has 27 heavy (non-hydrogen) atoms. The Morgan fingerprint density at radius 1 is 1.15 bits per heavy atom. The molecule has 0 saturated carbocycles. The minimum absolute atomic E-state index is 0.106. The van der Waals surface area contributed by atoms with Gasteiger partial charge >= 0.3 is 0 Å². The normalized spacial score (nSPS) is 11.9. The second kappa shape index (κ2) is 8.73. The lowest BCUT2D eigenvalue weighted by Gasteiger charge is -2.11. The van der Waals surface area contributed by atoms with Gasteiger partial charge in [-0.25, -0.2) is 0 Å². The summed E-state index contributed by atoms with van der Waals surface area (Å²) < 4.78 is 4.91. The Kier molecular flexibility index (Phi) is 6.13. The van der Waals surface area contributed by atoms with Gasteiger partial charge in [0.1, 0.15) is 5.76 Å². The summed E-state index contributed by atoms with van der Waals surface area (Å²) in [5, 5.41) is 11.2. The summed E-state index contributed by atoms with van der Waals surface area (Å²) >= 11 is 1.27. The van der Waals surface area contributed by atoms with Gasteiger partial charge in [-0.05, 0) is 36.2 Å². The van der Waals surface area contributed by atoms with Gasteiger partial charge in [0.25, 0.3) is 0 Å². The molecule has 3 aromatic rings. The summed E-state index contributed by atoms with van der Waals surface area (Å²) in [5.41, 5.74) is 1.04. The minimum atomic E-state index is -0.381. The Balaban J connectivity index is 1.43. The molecular formula is C20H21N3O3S. The standard InChI is InChI=1S/C20H21N3O3S/c1-13-9-18(23-26-13)22-20(25)14(2)27-12-19(24)21-11-15-7-8-16-5-3-4-6-17(16)10-15/h3-10,14H,11-12H2,1-2H3,(H,21,24)(H,22,23,25). The molecule has 0 radical (unpaired) electrons. The molecule has 2 aromatic carbocycles. The average molecular weight is 383 g/mol. The number of carbonyl (C=O) groups excluding carboxylic acids is 2. The van der Waals surface area contributed by atoms with E-state index in [1.807, 2.05) is 30.3 Å². The zero-order valence-electron chi connectivity index (χ0n) is 15.2. The van der Waals surface area contributed by atoms with Gasteiger partial charge in [-0.15, -0.1) is 11.8 Å². The molecule has 0 aliphatic heterocycles. The third kappa shape index (κ3) is 5.34. The largest absolute Gasteiger partial charge is 0.360 e. The van der Waals surface area contributed by atoms with Crippen LogP contribution in [0, 0.1) is 6.92 Å². The van der Waals surface area contributed by atoms with E-state index in [1.54, 1.807) is 19.9 Å². The van der Waals surface area contributed by atoms with Crippen LogP contribution in [0.25, 0.3) is 10.8 Å². The lowest BCUT2D eigenvalue weighted by atomic mass is 10.1. The summed E-state index contributed by atoms with van der Waals surface area (Å²) in [7, 11) is 0. The fourth-order valence-electron chi connectivity index (χ4n) is 2.53. The second-order valence-electron chi connectivity index (χ2n) is 6.22. The van der Waals surface area contributed by atoms with Crippen molar-refractivity contribution in [2.24, 2.45) is 0 Å². The lowest BCUT2D eigenvalue weighted by Crippen LogP contribution is -2.28. The number of fused-ring (bicyclic) bond motifs is 1. The van der Waals surface area contributed by atoms with Crippen molar-refractivity contribution in [2.75, 3.05) is 11.1 Å². The van der Waals surface area contributed by atoms with Gasteiger partial charge in [-0.3, -0.25) is 9.59 Å². The number of nitrogens with one attached hydrogen (secondary N) is 2. The summed E-state index contributed by atoms with van der Waals surface area (Å²) in [6, 6.07) is 15.9. The Bertz CT molecular complexity index is 954. The topological polar surface area (TPSA) is 84.2 Å². The van der Waals surface area contributed by atoms with E-state index in [-0.39, 0.29) is 22.8 Å². The third-order valence-corrected chi connectivity index (χ3v) is 5.16. The van der Waals surface area contributed by atoms with E-state index < -0.39 is 0 Å². The van der Waals surface area contributed by atoms with Crippen molar-refractivity contribution >= 4 is 40.2 Å². The monoisotopic (exact) mass is 383 g/mol. The first-order valence-corrected chi connectivity index (χ1v) is 9.66. The van der Waals surface area contributed by atoms with Gasteiger partial charge in [-0.2, -0.15) is 0 Å². The Hall–Kier alpha value is -2.80. The molecule has 2 N–H and O–H groups in total. The van der Waals surface area contributed by atoms with E-state index in [4.69, 9.17) is 4.52 Å². The molecule has 0 aliphatic rings. The second-order valence-corrected chi connectivity index (χ2v) is 7.55. The minimum Gasteiger partial charge on any atom is -0.360 e. The highest BCUT2D eigenvalue weighted by atomic mass is 32.2. The maximum atomic E-state index is 12.1. The number of carbonyl (C=O) groups is 2. The van der Waals surface area contributed by atoms with Crippen molar-refractivity contribution in [3.05, 3.63) is 59.9 Å². The zero-order chi connectivity index (χ0) is 19.2. The maximum absolute atomic E-state index is 12.1. The highest BCUT2D eigenvalue weighted by Crippen LogP contribution is 2.16. The van der Waals surface area contributed by atoms with Crippen LogP contribution in [0.4, 0.5) is 5.82 Å². The van der Waals surface area contributed by atoms with E-state index in [1.165, 1.54) is 17.1 Å². The van der Waals surface area contributed by atoms with Crippen LogP contribution < -0.4 is 10.6 Å². The molecule has 140 valence electrons. The van der Waals surface area contributed by atoms with E-state index >= 15 is 0 Å². The van der Waals surface area contributed by atoms with Crippen molar-refractivity contribution in [3.8, 4) is 0 Å². The predicted molar refractivity (Wildman–Crippen MR) is 108 cm³/mol. The molecule has 0 bridgehead atoms. The highest BCUT2D eigenvalue weighted by molar-refractivity contribution is 8.01. The number of thioether (sulfide) groups is 1. The van der Waals surface area contributed by atoms with Crippen LogP contribution in [-0.4, -0.2) is 28.0 Å². The van der Waals surface area contributed by atoms with Gasteiger partial charge in [-0.1, -0.05) is 41.6 Å². The number of amides is 2. The van der Waals surface area contributed by atoms with Crippen LogP contribution in [0.15, 0.2) is 53.1 Å². The van der Waals surface area contributed by atoms with Crippen molar-refractivity contribution in [1.82, 2.24) is 10.5 Å². The fourth-order valence-corrected chi connectivity index (χ4v) is 3.24. The molecule has 1 heterocycles. The maximum Gasteiger partial charge on any atom is 0.238 e. The quantitative estimate of drug-likeness (QED) is 0.652. The number of nitrogens with zero attached hydrogens (tertiary/aromatic N) is 1. The smallest absolute Gasteiger partial charge is 0.238 e. The van der Waals surface area contributed by atoms with Gasteiger partial charge in [0.15, 0.2) is 5.82 Å². The third-order valence-electron chi connectivity index (χ3n) is 4.02. The highest BCUT2D eigenvalue weighted by Gasteiger charge is 2.16. The van der Waals surface area contributed by atoms with Gasteiger partial charge in [0.2, 0.25) is 11.8 Å². The van der Waals surface area contributed by atoms with Crippen LogP contribution in [0.3, 0.4) is 0 Å². The molecule has 7 heteroatoms. The van der Waals surface area contributed by atoms with Crippen molar-refractivity contribution in [3.63, 3.8) is 0 Å².